The molecule has 1 aromatic carbocycles. The Bertz CT molecular complexity index is 884. The monoisotopic (exact) mass is 396 g/mol. The lowest BCUT2D eigenvalue weighted by Crippen LogP contribution is -2.56. The van der Waals surface area contributed by atoms with E-state index in [0.717, 1.165) is 43.9 Å². The standard InChI is InChI=1S/C22H28N4O3/c1-15-7-8-18(19(11-15)28-3)29-21-12-20(23-14-24-21)25-9-10-26(16(2)13-25)22(27)17-5-4-6-17/h7-8,11-12,14,16-17H,4-6,9-10,13H2,1-3H3. The molecule has 4 rings (SSSR count). The number of carbonyl (C=O) groups excluding carboxylic acids is 1. The molecule has 1 atom stereocenters. The fourth-order valence-electron chi connectivity index (χ4n) is 3.91. The lowest BCUT2D eigenvalue weighted by molar-refractivity contribution is -0.140. The number of hydrogen-bond donors (Lipinski definition) is 0. The van der Waals surface area contributed by atoms with E-state index in [9.17, 15) is 4.79 Å². The van der Waals surface area contributed by atoms with E-state index in [1.807, 2.05) is 36.1 Å². The highest BCUT2D eigenvalue weighted by Crippen LogP contribution is 2.33. The second kappa shape index (κ2) is 8.27. The number of aromatic nitrogens is 2. The molecule has 1 aromatic heterocycles. The Morgan fingerprint density at radius 3 is 2.66 bits per heavy atom. The third-order valence-electron chi connectivity index (χ3n) is 5.85. The molecule has 0 radical (unpaired) electrons. The van der Waals surface area contributed by atoms with Gasteiger partial charge in [0.15, 0.2) is 11.5 Å². The third-order valence-corrected chi connectivity index (χ3v) is 5.85. The van der Waals surface area contributed by atoms with Crippen LogP contribution in [0.4, 0.5) is 5.82 Å². The Morgan fingerprint density at radius 1 is 1.14 bits per heavy atom. The van der Waals surface area contributed by atoms with Crippen LogP contribution in [-0.4, -0.2) is 53.6 Å². The predicted octanol–water partition coefficient (Wildman–Crippen LogP) is 3.42. The molecule has 1 amide bonds. The van der Waals surface area contributed by atoms with Crippen LogP contribution >= 0.6 is 0 Å². The summed E-state index contributed by atoms with van der Waals surface area (Å²) < 4.78 is 11.4. The van der Waals surface area contributed by atoms with Gasteiger partial charge >= 0.3 is 0 Å². The summed E-state index contributed by atoms with van der Waals surface area (Å²) in [6.45, 7) is 6.35. The molecule has 1 aliphatic carbocycles. The van der Waals surface area contributed by atoms with Gasteiger partial charge in [-0.1, -0.05) is 12.5 Å². The van der Waals surface area contributed by atoms with Gasteiger partial charge in [-0.25, -0.2) is 9.97 Å². The summed E-state index contributed by atoms with van der Waals surface area (Å²) >= 11 is 0. The molecule has 7 nitrogen and oxygen atoms in total. The van der Waals surface area contributed by atoms with Crippen LogP contribution in [0.25, 0.3) is 0 Å². The van der Waals surface area contributed by atoms with E-state index in [0.29, 0.717) is 23.3 Å². The number of benzene rings is 1. The first-order valence-corrected chi connectivity index (χ1v) is 10.2. The molecular formula is C22H28N4O3. The molecule has 2 aliphatic rings. The van der Waals surface area contributed by atoms with E-state index < -0.39 is 0 Å². The zero-order valence-electron chi connectivity index (χ0n) is 17.3. The molecule has 1 unspecified atom stereocenters. The van der Waals surface area contributed by atoms with Crippen molar-refractivity contribution in [2.45, 2.75) is 39.2 Å². The summed E-state index contributed by atoms with van der Waals surface area (Å²) in [7, 11) is 1.62. The van der Waals surface area contributed by atoms with Gasteiger partial charge in [-0.15, -0.1) is 0 Å². The van der Waals surface area contributed by atoms with Crippen molar-refractivity contribution < 1.29 is 14.3 Å². The number of piperazine rings is 1. The SMILES string of the molecule is COc1cc(C)ccc1Oc1cc(N2CCN(C(=O)C3CCC3)C(C)C2)ncn1. The number of carbonyl (C=O) groups is 1. The van der Waals surface area contributed by atoms with Crippen LogP contribution in [0, 0.1) is 12.8 Å². The molecule has 0 spiro atoms. The summed E-state index contributed by atoms with van der Waals surface area (Å²) in [6.07, 6.45) is 4.78. The van der Waals surface area contributed by atoms with E-state index >= 15 is 0 Å². The second-order valence-electron chi connectivity index (χ2n) is 7.93. The van der Waals surface area contributed by atoms with Crippen molar-refractivity contribution in [2.24, 2.45) is 5.92 Å². The number of rotatable bonds is 5. The smallest absolute Gasteiger partial charge is 0.226 e. The number of nitrogens with zero attached hydrogens (tertiary/aromatic N) is 4. The Kier molecular flexibility index (Phi) is 5.56. The van der Waals surface area contributed by atoms with Crippen LogP contribution < -0.4 is 14.4 Å². The van der Waals surface area contributed by atoms with Crippen molar-refractivity contribution in [3.05, 3.63) is 36.2 Å². The zero-order valence-corrected chi connectivity index (χ0v) is 17.3. The second-order valence-corrected chi connectivity index (χ2v) is 7.93. The van der Waals surface area contributed by atoms with Gasteiger partial charge in [0.25, 0.3) is 0 Å². The van der Waals surface area contributed by atoms with Crippen molar-refractivity contribution in [3.63, 3.8) is 0 Å². The first kappa shape index (κ1) is 19.5. The average Bonchev–Trinajstić information content (AvgIpc) is 2.68. The van der Waals surface area contributed by atoms with E-state index in [4.69, 9.17) is 9.47 Å². The van der Waals surface area contributed by atoms with Crippen LogP contribution in [0.5, 0.6) is 17.4 Å². The van der Waals surface area contributed by atoms with Crippen molar-refractivity contribution in [1.29, 1.82) is 0 Å². The van der Waals surface area contributed by atoms with Gasteiger partial charge < -0.3 is 19.3 Å². The summed E-state index contributed by atoms with van der Waals surface area (Å²) in [4.78, 5) is 25.5. The number of anilines is 1. The van der Waals surface area contributed by atoms with Gasteiger partial charge in [-0.3, -0.25) is 4.79 Å². The summed E-state index contributed by atoms with van der Waals surface area (Å²) in [5.41, 5.74) is 1.10. The lowest BCUT2D eigenvalue weighted by Gasteiger charge is -2.43. The maximum Gasteiger partial charge on any atom is 0.226 e. The van der Waals surface area contributed by atoms with Crippen LogP contribution in [0.15, 0.2) is 30.6 Å². The molecule has 2 aromatic rings. The average molecular weight is 396 g/mol. The topological polar surface area (TPSA) is 67.8 Å². The van der Waals surface area contributed by atoms with Crippen LogP contribution in [0.1, 0.15) is 31.7 Å². The molecular weight excluding hydrogens is 368 g/mol. The van der Waals surface area contributed by atoms with Crippen molar-refractivity contribution >= 4 is 11.7 Å². The highest BCUT2D eigenvalue weighted by Gasteiger charge is 2.34. The highest BCUT2D eigenvalue weighted by atomic mass is 16.5. The summed E-state index contributed by atoms with van der Waals surface area (Å²) in [6, 6.07) is 7.78. The van der Waals surface area contributed by atoms with E-state index in [1.165, 1.54) is 12.7 Å². The molecule has 1 saturated heterocycles. The molecule has 2 heterocycles. The zero-order chi connectivity index (χ0) is 20.4. The molecule has 154 valence electrons. The Morgan fingerprint density at radius 2 is 1.97 bits per heavy atom. The molecule has 7 heteroatoms. The molecule has 0 bridgehead atoms. The first-order chi connectivity index (χ1) is 14.0. The highest BCUT2D eigenvalue weighted by molar-refractivity contribution is 5.80. The lowest BCUT2D eigenvalue weighted by atomic mass is 9.84. The van der Waals surface area contributed by atoms with Gasteiger partial charge in [-0.05, 0) is 44.4 Å². The van der Waals surface area contributed by atoms with Gasteiger partial charge in [0.2, 0.25) is 11.8 Å². The maximum absolute atomic E-state index is 12.6. The largest absolute Gasteiger partial charge is 0.493 e. The molecule has 2 fully saturated rings. The minimum Gasteiger partial charge on any atom is -0.493 e. The van der Waals surface area contributed by atoms with Crippen LogP contribution in [0.2, 0.25) is 0 Å². The fraction of sp³-hybridized carbons (Fsp3) is 0.500. The predicted molar refractivity (Wildman–Crippen MR) is 111 cm³/mol. The maximum atomic E-state index is 12.6. The van der Waals surface area contributed by atoms with Crippen molar-refractivity contribution in [2.75, 3.05) is 31.6 Å². The third kappa shape index (κ3) is 4.13. The number of methoxy groups -OCH3 is 1. The molecule has 1 aliphatic heterocycles. The minimum absolute atomic E-state index is 0.161. The van der Waals surface area contributed by atoms with E-state index in [2.05, 4.69) is 21.8 Å². The van der Waals surface area contributed by atoms with Gasteiger partial charge in [-0.2, -0.15) is 0 Å². The fourth-order valence-corrected chi connectivity index (χ4v) is 3.91. The van der Waals surface area contributed by atoms with E-state index in [1.54, 1.807) is 7.11 Å². The normalized spacial score (nSPS) is 19.6. The first-order valence-electron chi connectivity index (χ1n) is 10.2. The Hall–Kier alpha value is -2.83. The van der Waals surface area contributed by atoms with Gasteiger partial charge in [0.1, 0.15) is 12.1 Å². The number of hydrogen-bond acceptors (Lipinski definition) is 6. The number of aryl methyl sites for hydroxylation is 1. The molecule has 29 heavy (non-hydrogen) atoms. The summed E-state index contributed by atoms with van der Waals surface area (Å²) in [5.74, 6) is 3.13. The summed E-state index contributed by atoms with van der Waals surface area (Å²) in [5, 5.41) is 0. The Labute approximate surface area is 171 Å². The quantitative estimate of drug-likeness (QED) is 0.771. The number of amides is 1. The molecule has 1 saturated carbocycles. The van der Waals surface area contributed by atoms with Crippen molar-refractivity contribution in [3.8, 4) is 17.4 Å². The molecule has 0 N–H and O–H groups in total. The van der Waals surface area contributed by atoms with Gasteiger partial charge in [0.05, 0.1) is 7.11 Å². The van der Waals surface area contributed by atoms with Crippen LogP contribution in [-0.2, 0) is 4.79 Å². The van der Waals surface area contributed by atoms with Crippen LogP contribution in [0.3, 0.4) is 0 Å². The van der Waals surface area contributed by atoms with E-state index in [-0.39, 0.29) is 12.0 Å². The number of ether oxygens (including phenoxy) is 2. The minimum atomic E-state index is 0.161. The Balaban J connectivity index is 1.45. The van der Waals surface area contributed by atoms with Crippen molar-refractivity contribution in [1.82, 2.24) is 14.9 Å². The van der Waals surface area contributed by atoms with Gasteiger partial charge in [0, 0.05) is 37.7 Å².